The summed E-state index contributed by atoms with van der Waals surface area (Å²) < 4.78 is 10.3. The van der Waals surface area contributed by atoms with Crippen molar-refractivity contribution in [2.24, 2.45) is 0 Å². The summed E-state index contributed by atoms with van der Waals surface area (Å²) in [5.41, 5.74) is 0.632. The topological polar surface area (TPSA) is 121 Å². The maximum absolute atomic E-state index is 12.6. The van der Waals surface area contributed by atoms with E-state index in [1.807, 2.05) is 12.1 Å². The lowest BCUT2D eigenvalue weighted by Gasteiger charge is -2.10. The van der Waals surface area contributed by atoms with E-state index in [1.165, 1.54) is 6.07 Å². The number of esters is 1. The number of pyridine rings is 1. The Balaban J connectivity index is 1.76. The lowest BCUT2D eigenvalue weighted by molar-refractivity contribution is -0.384. The number of methoxy groups -OCH3 is 1. The lowest BCUT2D eigenvalue weighted by atomic mass is 10.1. The van der Waals surface area contributed by atoms with Gasteiger partial charge in [0.15, 0.2) is 0 Å². The summed E-state index contributed by atoms with van der Waals surface area (Å²) in [7, 11) is 1.15. The van der Waals surface area contributed by atoms with Crippen molar-refractivity contribution in [3.8, 4) is 5.75 Å². The zero-order valence-electron chi connectivity index (χ0n) is 15.9. The molecule has 1 N–H and O–H groups in total. The summed E-state index contributed by atoms with van der Waals surface area (Å²) in [6.45, 7) is 0.256. The van der Waals surface area contributed by atoms with Crippen LogP contribution in [0.25, 0.3) is 0 Å². The van der Waals surface area contributed by atoms with Crippen molar-refractivity contribution in [2.75, 3.05) is 12.4 Å². The molecule has 30 heavy (non-hydrogen) atoms. The molecule has 0 saturated carbocycles. The fourth-order valence-electron chi connectivity index (χ4n) is 2.59. The molecule has 1 aromatic heterocycles. The van der Waals surface area contributed by atoms with E-state index in [9.17, 15) is 19.7 Å². The third-order valence-corrected chi connectivity index (χ3v) is 4.02. The molecule has 0 fully saturated rings. The van der Waals surface area contributed by atoms with E-state index in [0.29, 0.717) is 11.4 Å². The van der Waals surface area contributed by atoms with Gasteiger partial charge in [0.05, 0.1) is 23.3 Å². The highest BCUT2D eigenvalue weighted by Crippen LogP contribution is 2.22. The number of benzene rings is 2. The van der Waals surface area contributed by atoms with Crippen LogP contribution in [0, 0.1) is 10.1 Å². The Kier molecular flexibility index (Phi) is 6.33. The predicted octanol–water partition coefficient (Wildman–Crippen LogP) is 3.61. The number of nitrogens with zero attached hydrogens (tertiary/aromatic N) is 2. The second-order valence-electron chi connectivity index (χ2n) is 6.11. The van der Waals surface area contributed by atoms with Crippen LogP contribution >= 0.6 is 0 Å². The molecule has 9 nitrogen and oxygen atoms in total. The van der Waals surface area contributed by atoms with Gasteiger partial charge < -0.3 is 14.8 Å². The molecule has 0 aliphatic rings. The van der Waals surface area contributed by atoms with E-state index in [0.717, 1.165) is 24.9 Å². The van der Waals surface area contributed by atoms with Gasteiger partial charge in [0.25, 0.3) is 11.6 Å². The molecule has 0 aliphatic heterocycles. The Labute approximate surface area is 171 Å². The summed E-state index contributed by atoms with van der Waals surface area (Å²) in [5, 5.41) is 13.8. The third kappa shape index (κ3) is 5.16. The van der Waals surface area contributed by atoms with Crippen molar-refractivity contribution in [1.29, 1.82) is 0 Å². The number of nitro benzene ring substituents is 1. The van der Waals surface area contributed by atoms with Gasteiger partial charge in [-0.05, 0) is 30.3 Å². The van der Waals surface area contributed by atoms with Crippen molar-refractivity contribution in [2.45, 2.75) is 6.61 Å². The number of nitrogens with one attached hydrogen (secondary N) is 1. The first-order valence-corrected chi connectivity index (χ1v) is 8.78. The van der Waals surface area contributed by atoms with Crippen molar-refractivity contribution in [3.63, 3.8) is 0 Å². The second-order valence-corrected chi connectivity index (χ2v) is 6.11. The molecule has 1 heterocycles. The van der Waals surface area contributed by atoms with Crippen LogP contribution in [-0.2, 0) is 11.3 Å². The van der Waals surface area contributed by atoms with Gasteiger partial charge in [0.1, 0.15) is 12.4 Å². The smallest absolute Gasteiger partial charge is 0.338 e. The Morgan fingerprint density at radius 3 is 2.57 bits per heavy atom. The van der Waals surface area contributed by atoms with Gasteiger partial charge in [-0.2, -0.15) is 0 Å². The monoisotopic (exact) mass is 407 g/mol. The van der Waals surface area contributed by atoms with E-state index in [-0.39, 0.29) is 17.7 Å². The van der Waals surface area contributed by atoms with Crippen molar-refractivity contribution in [3.05, 3.63) is 93.8 Å². The molecule has 0 atom stereocenters. The summed E-state index contributed by atoms with van der Waals surface area (Å²) in [6, 6.07) is 15.5. The zero-order valence-corrected chi connectivity index (χ0v) is 15.9. The van der Waals surface area contributed by atoms with E-state index in [4.69, 9.17) is 4.74 Å². The van der Waals surface area contributed by atoms with Crippen LogP contribution in [0.4, 0.5) is 11.4 Å². The van der Waals surface area contributed by atoms with Gasteiger partial charge in [-0.1, -0.05) is 12.1 Å². The Hall–Kier alpha value is -4.27. The number of aromatic nitrogens is 1. The molecule has 3 aromatic rings. The molecule has 152 valence electrons. The minimum atomic E-state index is -0.780. The molecule has 1 amide bonds. The third-order valence-electron chi connectivity index (χ3n) is 4.02. The van der Waals surface area contributed by atoms with Crippen LogP contribution < -0.4 is 10.1 Å². The summed E-state index contributed by atoms with van der Waals surface area (Å²) in [6.07, 6.45) is 1.66. The van der Waals surface area contributed by atoms with Crippen LogP contribution in [0.2, 0.25) is 0 Å². The first-order chi connectivity index (χ1) is 14.5. The fraction of sp³-hybridized carbons (Fsp3) is 0.0952. The molecule has 0 saturated heterocycles. The second kappa shape index (κ2) is 9.28. The van der Waals surface area contributed by atoms with Crippen molar-refractivity contribution in [1.82, 2.24) is 4.98 Å². The van der Waals surface area contributed by atoms with Crippen LogP contribution in [0.5, 0.6) is 5.75 Å². The molecular formula is C21H17N3O6. The number of nitro groups is 1. The largest absolute Gasteiger partial charge is 0.487 e. The molecule has 9 heteroatoms. The fourth-order valence-corrected chi connectivity index (χ4v) is 2.59. The average molecular weight is 407 g/mol. The molecule has 0 radical (unpaired) electrons. The van der Waals surface area contributed by atoms with E-state index >= 15 is 0 Å². The standard InChI is InChI=1S/C21H17N3O6/c1-29-21(26)15-9-14(10-18(11-15)24(27)28)20(25)23-16-6-4-7-19(12-16)30-13-17-5-2-3-8-22-17/h2-12H,13H2,1H3,(H,23,25). The number of ether oxygens (including phenoxy) is 2. The first kappa shape index (κ1) is 20.5. The summed E-state index contributed by atoms with van der Waals surface area (Å²) in [4.78, 5) is 39.0. The predicted molar refractivity (Wildman–Crippen MR) is 107 cm³/mol. The highest BCUT2D eigenvalue weighted by atomic mass is 16.6. The molecule has 2 aromatic carbocycles. The summed E-state index contributed by atoms with van der Waals surface area (Å²) in [5.74, 6) is -0.892. The van der Waals surface area contributed by atoms with Gasteiger partial charge >= 0.3 is 5.97 Å². The van der Waals surface area contributed by atoms with Gasteiger partial charge in [-0.15, -0.1) is 0 Å². The number of carbonyl (C=O) groups is 2. The number of hydrogen-bond donors (Lipinski definition) is 1. The molecule has 0 spiro atoms. The number of hydrogen-bond acceptors (Lipinski definition) is 7. The molecule has 0 bridgehead atoms. The first-order valence-electron chi connectivity index (χ1n) is 8.78. The van der Waals surface area contributed by atoms with Crippen LogP contribution in [0.3, 0.4) is 0 Å². The number of carbonyl (C=O) groups excluding carboxylic acids is 2. The maximum atomic E-state index is 12.6. The number of amides is 1. The molecular weight excluding hydrogens is 390 g/mol. The maximum Gasteiger partial charge on any atom is 0.338 e. The van der Waals surface area contributed by atoms with Crippen LogP contribution in [0.15, 0.2) is 66.9 Å². The Morgan fingerprint density at radius 1 is 1.07 bits per heavy atom. The van der Waals surface area contributed by atoms with E-state index in [2.05, 4.69) is 15.0 Å². The van der Waals surface area contributed by atoms with Gasteiger partial charge in [-0.3, -0.25) is 19.9 Å². The van der Waals surface area contributed by atoms with Crippen molar-refractivity contribution >= 4 is 23.3 Å². The highest BCUT2D eigenvalue weighted by Gasteiger charge is 2.18. The minimum absolute atomic E-state index is 0.0515. The van der Waals surface area contributed by atoms with Gasteiger partial charge in [-0.25, -0.2) is 4.79 Å². The number of anilines is 1. The van der Waals surface area contributed by atoms with E-state index in [1.54, 1.807) is 36.5 Å². The number of non-ortho nitro benzene ring substituents is 1. The van der Waals surface area contributed by atoms with Crippen LogP contribution in [0.1, 0.15) is 26.4 Å². The highest BCUT2D eigenvalue weighted by molar-refractivity contribution is 6.06. The van der Waals surface area contributed by atoms with Gasteiger partial charge in [0.2, 0.25) is 0 Å². The zero-order chi connectivity index (χ0) is 21.5. The molecule has 3 rings (SSSR count). The van der Waals surface area contributed by atoms with Gasteiger partial charge in [0, 0.05) is 35.6 Å². The van der Waals surface area contributed by atoms with E-state index < -0.39 is 22.5 Å². The normalized spacial score (nSPS) is 10.2. The Morgan fingerprint density at radius 2 is 1.87 bits per heavy atom. The minimum Gasteiger partial charge on any atom is -0.487 e. The van der Waals surface area contributed by atoms with Crippen molar-refractivity contribution < 1.29 is 24.0 Å². The lowest BCUT2D eigenvalue weighted by Crippen LogP contribution is -2.14. The molecule has 0 aliphatic carbocycles. The SMILES string of the molecule is COC(=O)c1cc(C(=O)Nc2cccc(OCc3ccccn3)c2)cc([N+](=O)[O-])c1. The Bertz CT molecular complexity index is 1090. The quantitative estimate of drug-likeness (QED) is 0.361. The average Bonchev–Trinajstić information content (AvgIpc) is 2.77. The summed E-state index contributed by atoms with van der Waals surface area (Å²) >= 11 is 0. The number of rotatable bonds is 7. The molecule has 0 unspecified atom stereocenters. The van der Waals surface area contributed by atoms with Crippen LogP contribution in [-0.4, -0.2) is 28.9 Å².